The van der Waals surface area contributed by atoms with Gasteiger partial charge in [-0.25, -0.2) is 0 Å². The summed E-state index contributed by atoms with van der Waals surface area (Å²) in [6.07, 6.45) is 0.419. The number of methoxy groups -OCH3 is 1. The Morgan fingerprint density at radius 1 is 1.26 bits per heavy atom. The maximum absolute atomic E-state index is 12.1. The Labute approximate surface area is 114 Å². The van der Waals surface area contributed by atoms with Crippen LogP contribution in [0.1, 0.15) is 38.7 Å². The number of hydrogen-bond acceptors (Lipinski definition) is 3. The summed E-state index contributed by atoms with van der Waals surface area (Å²) in [5, 5.41) is 2.82. The molecule has 1 aromatic carbocycles. The van der Waals surface area contributed by atoms with Crippen molar-refractivity contribution in [3.05, 3.63) is 29.8 Å². The van der Waals surface area contributed by atoms with Crippen molar-refractivity contribution in [3.8, 4) is 0 Å². The van der Waals surface area contributed by atoms with Crippen LogP contribution in [0.25, 0.3) is 0 Å². The molecule has 4 nitrogen and oxygen atoms in total. The number of benzene rings is 1. The minimum Gasteiger partial charge on any atom is -0.468 e. The number of amides is 1. The molecule has 0 saturated heterocycles. The fraction of sp³-hybridized carbons (Fsp3) is 0.467. The highest BCUT2D eigenvalue weighted by Gasteiger charge is 2.26. The van der Waals surface area contributed by atoms with Gasteiger partial charge < -0.3 is 10.1 Å². The van der Waals surface area contributed by atoms with Crippen molar-refractivity contribution < 1.29 is 14.3 Å². The van der Waals surface area contributed by atoms with Crippen LogP contribution in [0.3, 0.4) is 0 Å². The minimum atomic E-state index is -0.759. The maximum Gasteiger partial charge on any atom is 0.318 e. The topological polar surface area (TPSA) is 55.4 Å². The lowest BCUT2D eigenvalue weighted by Crippen LogP contribution is -2.30. The average Bonchev–Trinajstić information content (AvgIpc) is 2.39. The fourth-order valence-corrected chi connectivity index (χ4v) is 1.94. The predicted molar refractivity (Wildman–Crippen MR) is 75.0 cm³/mol. The van der Waals surface area contributed by atoms with Gasteiger partial charge in [0.2, 0.25) is 5.91 Å². The Bertz CT molecular complexity index is 454. The normalized spacial score (nSPS) is 12.1. The highest BCUT2D eigenvalue weighted by atomic mass is 16.5. The molecule has 0 spiro atoms. The molecule has 19 heavy (non-hydrogen) atoms. The molecule has 1 rings (SSSR count). The summed E-state index contributed by atoms with van der Waals surface area (Å²) in [7, 11) is 1.29. The van der Waals surface area contributed by atoms with Gasteiger partial charge in [-0.3, -0.25) is 9.59 Å². The van der Waals surface area contributed by atoms with Gasteiger partial charge in [-0.2, -0.15) is 0 Å². The molecule has 1 atom stereocenters. The smallest absolute Gasteiger partial charge is 0.318 e. The number of nitrogens with one attached hydrogen (secondary N) is 1. The minimum absolute atomic E-state index is 0.301. The molecular formula is C15H21NO3. The highest BCUT2D eigenvalue weighted by Crippen LogP contribution is 2.24. The van der Waals surface area contributed by atoms with Crippen molar-refractivity contribution in [2.24, 2.45) is 5.92 Å². The van der Waals surface area contributed by atoms with Crippen LogP contribution in [-0.4, -0.2) is 19.0 Å². The van der Waals surface area contributed by atoms with Gasteiger partial charge in [-0.15, -0.1) is 0 Å². The van der Waals surface area contributed by atoms with Crippen molar-refractivity contribution in [2.75, 3.05) is 12.4 Å². The molecule has 1 N–H and O–H groups in total. The average molecular weight is 263 g/mol. The Morgan fingerprint density at radius 2 is 1.89 bits per heavy atom. The standard InChI is InChI=1S/C15H21NO3/c1-5-11(15(18)19-4)14(17)16-13-9-7-6-8-12(13)10(2)3/h6-11H,5H2,1-4H3,(H,16,17). The summed E-state index contributed by atoms with van der Waals surface area (Å²) in [6, 6.07) is 7.61. The van der Waals surface area contributed by atoms with E-state index in [2.05, 4.69) is 23.9 Å². The van der Waals surface area contributed by atoms with Crippen LogP contribution in [0.5, 0.6) is 0 Å². The zero-order valence-electron chi connectivity index (χ0n) is 11.9. The molecule has 0 radical (unpaired) electrons. The summed E-state index contributed by atoms with van der Waals surface area (Å²) >= 11 is 0. The Morgan fingerprint density at radius 3 is 2.42 bits per heavy atom. The lowest BCUT2D eigenvalue weighted by atomic mass is 10.00. The first kappa shape index (κ1) is 15.2. The van der Waals surface area contributed by atoms with E-state index in [0.29, 0.717) is 12.3 Å². The number of esters is 1. The second-order valence-corrected chi connectivity index (χ2v) is 4.72. The van der Waals surface area contributed by atoms with Crippen molar-refractivity contribution in [3.63, 3.8) is 0 Å². The van der Waals surface area contributed by atoms with Gasteiger partial charge >= 0.3 is 5.97 Å². The summed E-state index contributed by atoms with van der Waals surface area (Å²) in [6.45, 7) is 5.90. The number of anilines is 1. The largest absolute Gasteiger partial charge is 0.468 e. The Hall–Kier alpha value is -1.84. The van der Waals surface area contributed by atoms with Crippen LogP contribution < -0.4 is 5.32 Å². The van der Waals surface area contributed by atoms with E-state index in [4.69, 9.17) is 0 Å². The van der Waals surface area contributed by atoms with Crippen molar-refractivity contribution in [1.82, 2.24) is 0 Å². The molecule has 0 aliphatic carbocycles. The molecule has 0 bridgehead atoms. The quantitative estimate of drug-likeness (QED) is 0.656. The molecule has 0 aliphatic heterocycles. The Kier molecular flexibility index (Phi) is 5.55. The fourth-order valence-electron chi connectivity index (χ4n) is 1.94. The molecular weight excluding hydrogens is 242 g/mol. The molecule has 0 aliphatic rings. The third-order valence-corrected chi connectivity index (χ3v) is 3.05. The van der Waals surface area contributed by atoms with Crippen molar-refractivity contribution in [1.29, 1.82) is 0 Å². The molecule has 1 unspecified atom stereocenters. The van der Waals surface area contributed by atoms with E-state index in [1.807, 2.05) is 24.3 Å². The van der Waals surface area contributed by atoms with Gasteiger partial charge in [0, 0.05) is 5.69 Å². The molecule has 1 aromatic rings. The number of para-hydroxylation sites is 1. The van der Waals surface area contributed by atoms with Crippen LogP contribution in [0.15, 0.2) is 24.3 Å². The monoisotopic (exact) mass is 263 g/mol. The molecule has 0 saturated carbocycles. The predicted octanol–water partition coefficient (Wildman–Crippen LogP) is 2.95. The van der Waals surface area contributed by atoms with Crippen LogP contribution >= 0.6 is 0 Å². The highest BCUT2D eigenvalue weighted by molar-refractivity contribution is 6.05. The molecule has 0 aromatic heterocycles. The first-order valence-electron chi connectivity index (χ1n) is 6.48. The van der Waals surface area contributed by atoms with Gasteiger partial charge in [-0.1, -0.05) is 39.0 Å². The second kappa shape index (κ2) is 6.92. The second-order valence-electron chi connectivity index (χ2n) is 4.72. The third kappa shape index (κ3) is 3.81. The first-order chi connectivity index (χ1) is 9.01. The van der Waals surface area contributed by atoms with Crippen LogP contribution in [0.2, 0.25) is 0 Å². The zero-order chi connectivity index (χ0) is 14.4. The van der Waals surface area contributed by atoms with E-state index in [9.17, 15) is 9.59 Å². The lowest BCUT2D eigenvalue weighted by molar-refractivity contribution is -0.148. The summed E-state index contributed by atoms with van der Waals surface area (Å²) in [4.78, 5) is 23.6. The number of rotatable bonds is 5. The number of carbonyl (C=O) groups excluding carboxylic acids is 2. The van der Waals surface area contributed by atoms with Crippen molar-refractivity contribution >= 4 is 17.6 Å². The number of ether oxygens (including phenoxy) is 1. The lowest BCUT2D eigenvalue weighted by Gasteiger charge is -2.16. The van der Waals surface area contributed by atoms with Crippen LogP contribution in [0.4, 0.5) is 5.69 Å². The van der Waals surface area contributed by atoms with E-state index < -0.39 is 11.9 Å². The molecule has 0 fully saturated rings. The van der Waals surface area contributed by atoms with Crippen LogP contribution in [-0.2, 0) is 14.3 Å². The number of hydrogen-bond donors (Lipinski definition) is 1. The van der Waals surface area contributed by atoms with E-state index in [1.54, 1.807) is 6.92 Å². The van der Waals surface area contributed by atoms with Gasteiger partial charge in [0.25, 0.3) is 0 Å². The number of carbonyl (C=O) groups is 2. The van der Waals surface area contributed by atoms with Crippen LogP contribution in [0, 0.1) is 5.92 Å². The van der Waals surface area contributed by atoms with E-state index in [-0.39, 0.29) is 5.91 Å². The SMILES string of the molecule is CCC(C(=O)Nc1ccccc1C(C)C)C(=O)OC. The molecule has 1 amide bonds. The summed E-state index contributed by atoms with van der Waals surface area (Å²) in [5.41, 5.74) is 1.81. The third-order valence-electron chi connectivity index (χ3n) is 3.05. The molecule has 104 valence electrons. The maximum atomic E-state index is 12.1. The molecule has 4 heteroatoms. The van der Waals surface area contributed by atoms with Gasteiger partial charge in [-0.05, 0) is 24.0 Å². The van der Waals surface area contributed by atoms with Gasteiger partial charge in [0.05, 0.1) is 7.11 Å². The first-order valence-corrected chi connectivity index (χ1v) is 6.48. The van der Waals surface area contributed by atoms with E-state index >= 15 is 0 Å². The van der Waals surface area contributed by atoms with Gasteiger partial charge in [0.15, 0.2) is 0 Å². The van der Waals surface area contributed by atoms with Gasteiger partial charge in [0.1, 0.15) is 5.92 Å². The summed E-state index contributed by atoms with van der Waals surface area (Å²) in [5.74, 6) is -1.27. The summed E-state index contributed by atoms with van der Waals surface area (Å²) < 4.78 is 4.64. The zero-order valence-corrected chi connectivity index (χ0v) is 11.9. The Balaban J connectivity index is 2.90. The van der Waals surface area contributed by atoms with E-state index in [0.717, 1.165) is 11.3 Å². The van der Waals surface area contributed by atoms with Crippen molar-refractivity contribution in [2.45, 2.75) is 33.1 Å². The molecule has 0 heterocycles. The van der Waals surface area contributed by atoms with E-state index in [1.165, 1.54) is 7.11 Å².